The topological polar surface area (TPSA) is 22.1 Å². The van der Waals surface area contributed by atoms with Crippen molar-refractivity contribution < 1.29 is 4.74 Å². The summed E-state index contributed by atoms with van der Waals surface area (Å²) in [6.45, 7) is 2.65. The van der Waals surface area contributed by atoms with Gasteiger partial charge in [-0.3, -0.25) is 0 Å². The van der Waals surface area contributed by atoms with Gasteiger partial charge in [-0.25, -0.2) is 4.98 Å². The number of hydrogen-bond acceptors (Lipinski definition) is 4. The molecule has 0 radical (unpaired) electrons. The minimum absolute atomic E-state index is 0.668. The van der Waals surface area contributed by atoms with Crippen molar-refractivity contribution in [3.8, 4) is 16.3 Å². The maximum absolute atomic E-state index is 5.58. The van der Waals surface area contributed by atoms with Crippen molar-refractivity contribution in [2.24, 2.45) is 0 Å². The molecule has 0 saturated heterocycles. The van der Waals surface area contributed by atoms with Gasteiger partial charge in [-0.1, -0.05) is 12.1 Å². The van der Waals surface area contributed by atoms with Crippen molar-refractivity contribution in [3.63, 3.8) is 0 Å². The third kappa shape index (κ3) is 2.39. The van der Waals surface area contributed by atoms with Crippen LogP contribution in [-0.2, 0) is 5.75 Å². The third-order valence-electron chi connectivity index (χ3n) is 2.13. The van der Waals surface area contributed by atoms with Crippen molar-refractivity contribution in [1.29, 1.82) is 0 Å². The molecule has 16 heavy (non-hydrogen) atoms. The lowest BCUT2D eigenvalue weighted by Gasteiger charge is -2.06. The van der Waals surface area contributed by atoms with Gasteiger partial charge in [0.1, 0.15) is 10.8 Å². The number of thiazole rings is 1. The van der Waals surface area contributed by atoms with Gasteiger partial charge < -0.3 is 4.74 Å². The van der Waals surface area contributed by atoms with E-state index in [0.717, 1.165) is 22.1 Å². The van der Waals surface area contributed by atoms with Crippen molar-refractivity contribution in [2.75, 3.05) is 6.61 Å². The summed E-state index contributed by atoms with van der Waals surface area (Å²) in [5.41, 5.74) is 1.06. The first-order valence-corrected chi connectivity index (χ1v) is 6.57. The number of rotatable bonds is 4. The second-order valence-electron chi connectivity index (χ2n) is 3.22. The molecule has 0 amide bonds. The predicted octanol–water partition coefficient (Wildman–Crippen LogP) is 3.64. The van der Waals surface area contributed by atoms with Crippen LogP contribution in [0.15, 0.2) is 30.5 Å². The molecule has 0 bridgehead atoms. The van der Waals surface area contributed by atoms with E-state index in [4.69, 9.17) is 4.74 Å². The Hall–Kier alpha value is -1.000. The van der Waals surface area contributed by atoms with Gasteiger partial charge in [0.2, 0.25) is 0 Å². The Morgan fingerprint density at radius 3 is 2.88 bits per heavy atom. The van der Waals surface area contributed by atoms with Gasteiger partial charge in [0.05, 0.1) is 12.2 Å². The highest BCUT2D eigenvalue weighted by Gasteiger charge is 2.09. The number of aromatic nitrogens is 1. The molecule has 0 saturated carbocycles. The minimum Gasteiger partial charge on any atom is -0.493 e. The lowest BCUT2D eigenvalue weighted by molar-refractivity contribution is 0.341. The number of hydrogen-bond donors (Lipinski definition) is 1. The van der Waals surface area contributed by atoms with E-state index in [0.29, 0.717) is 6.61 Å². The average Bonchev–Trinajstić information content (AvgIpc) is 2.79. The fourth-order valence-electron chi connectivity index (χ4n) is 1.43. The van der Waals surface area contributed by atoms with Crippen LogP contribution in [0, 0.1) is 0 Å². The summed E-state index contributed by atoms with van der Waals surface area (Å²) in [5, 5.41) is 0.994. The van der Waals surface area contributed by atoms with Crippen LogP contribution in [0.2, 0.25) is 0 Å². The van der Waals surface area contributed by atoms with Crippen LogP contribution in [-0.4, -0.2) is 11.6 Å². The normalized spacial score (nSPS) is 10.4. The van der Waals surface area contributed by atoms with Gasteiger partial charge in [0.25, 0.3) is 0 Å². The monoisotopic (exact) mass is 251 g/mol. The summed E-state index contributed by atoms with van der Waals surface area (Å²) < 4.78 is 5.58. The summed E-state index contributed by atoms with van der Waals surface area (Å²) in [6, 6.07) is 7.98. The maximum atomic E-state index is 5.58. The molecule has 2 nitrogen and oxygen atoms in total. The van der Waals surface area contributed by atoms with E-state index < -0.39 is 0 Å². The van der Waals surface area contributed by atoms with E-state index in [1.165, 1.54) is 4.88 Å². The Kier molecular flexibility index (Phi) is 3.85. The molecule has 84 valence electrons. The van der Waals surface area contributed by atoms with Crippen LogP contribution in [0.25, 0.3) is 10.6 Å². The van der Waals surface area contributed by atoms with Crippen molar-refractivity contribution in [2.45, 2.75) is 12.7 Å². The van der Waals surface area contributed by atoms with Crippen LogP contribution >= 0.6 is 24.0 Å². The summed E-state index contributed by atoms with van der Waals surface area (Å²) >= 11 is 5.90. The summed E-state index contributed by atoms with van der Waals surface area (Å²) in [6.07, 6.45) is 1.87. The number of benzene rings is 1. The van der Waals surface area contributed by atoms with Crippen LogP contribution in [0.3, 0.4) is 0 Å². The zero-order valence-corrected chi connectivity index (χ0v) is 10.7. The van der Waals surface area contributed by atoms with Crippen LogP contribution < -0.4 is 4.74 Å². The fourth-order valence-corrected chi connectivity index (χ4v) is 2.51. The number of thiol groups is 1. The van der Waals surface area contributed by atoms with E-state index in [-0.39, 0.29) is 0 Å². The first-order chi connectivity index (χ1) is 7.85. The van der Waals surface area contributed by atoms with Crippen molar-refractivity contribution >= 4 is 24.0 Å². The second kappa shape index (κ2) is 5.37. The lowest BCUT2D eigenvalue weighted by Crippen LogP contribution is -1.93. The van der Waals surface area contributed by atoms with Gasteiger partial charge in [0.15, 0.2) is 0 Å². The Bertz CT molecular complexity index is 468. The molecule has 4 heteroatoms. The van der Waals surface area contributed by atoms with Gasteiger partial charge in [-0.2, -0.15) is 12.6 Å². The quantitative estimate of drug-likeness (QED) is 0.838. The highest BCUT2D eigenvalue weighted by molar-refractivity contribution is 7.79. The molecule has 0 atom stereocenters. The van der Waals surface area contributed by atoms with Crippen molar-refractivity contribution in [1.82, 2.24) is 4.98 Å². The smallest absolute Gasteiger partial charge is 0.129 e. The molecule has 2 aromatic rings. The standard InChI is InChI=1S/C12H13NOS2/c1-2-14-11-6-4-3-5-10(11)12-13-7-9(8-15)16-12/h3-7,15H,2,8H2,1H3. The van der Waals surface area contributed by atoms with E-state index in [2.05, 4.69) is 17.6 Å². The summed E-state index contributed by atoms with van der Waals surface area (Å²) in [5.74, 6) is 1.62. The number of para-hydroxylation sites is 1. The molecule has 2 rings (SSSR count). The fraction of sp³-hybridized carbons (Fsp3) is 0.250. The van der Waals surface area contributed by atoms with E-state index in [1.54, 1.807) is 11.3 Å². The molecule has 1 heterocycles. The molecular formula is C12H13NOS2. The molecule has 0 aliphatic rings. The Labute approximate surface area is 105 Å². The Morgan fingerprint density at radius 1 is 1.38 bits per heavy atom. The maximum Gasteiger partial charge on any atom is 0.129 e. The largest absolute Gasteiger partial charge is 0.493 e. The SMILES string of the molecule is CCOc1ccccc1-c1ncc(CS)s1. The average molecular weight is 251 g/mol. The summed E-state index contributed by atoms with van der Waals surface area (Å²) in [4.78, 5) is 5.56. The highest BCUT2D eigenvalue weighted by Crippen LogP contribution is 2.33. The predicted molar refractivity (Wildman–Crippen MR) is 71.4 cm³/mol. The lowest BCUT2D eigenvalue weighted by atomic mass is 10.2. The van der Waals surface area contributed by atoms with Crippen LogP contribution in [0.1, 0.15) is 11.8 Å². The van der Waals surface area contributed by atoms with E-state index in [1.807, 2.05) is 37.4 Å². The first-order valence-electron chi connectivity index (χ1n) is 5.13. The molecule has 1 aromatic carbocycles. The molecule has 0 aliphatic carbocycles. The first kappa shape index (κ1) is 11.5. The molecule has 0 aliphatic heterocycles. The molecule has 0 fully saturated rings. The zero-order valence-electron chi connectivity index (χ0n) is 9.01. The third-order valence-corrected chi connectivity index (χ3v) is 3.71. The van der Waals surface area contributed by atoms with E-state index >= 15 is 0 Å². The molecule has 0 spiro atoms. The Balaban J connectivity index is 2.38. The minimum atomic E-state index is 0.668. The molecular weight excluding hydrogens is 238 g/mol. The Morgan fingerprint density at radius 2 is 2.19 bits per heavy atom. The van der Waals surface area contributed by atoms with Crippen LogP contribution in [0.4, 0.5) is 0 Å². The van der Waals surface area contributed by atoms with Crippen LogP contribution in [0.5, 0.6) is 5.75 Å². The highest BCUT2D eigenvalue weighted by atomic mass is 32.1. The zero-order chi connectivity index (χ0) is 11.4. The van der Waals surface area contributed by atoms with Crippen molar-refractivity contribution in [3.05, 3.63) is 35.3 Å². The van der Waals surface area contributed by atoms with E-state index in [9.17, 15) is 0 Å². The molecule has 1 aromatic heterocycles. The number of ether oxygens (including phenoxy) is 1. The van der Waals surface area contributed by atoms with Gasteiger partial charge in [-0.15, -0.1) is 11.3 Å². The van der Waals surface area contributed by atoms with Gasteiger partial charge in [0, 0.05) is 16.8 Å². The van der Waals surface area contributed by atoms with Gasteiger partial charge in [-0.05, 0) is 19.1 Å². The molecule has 0 N–H and O–H groups in total. The number of nitrogens with zero attached hydrogens (tertiary/aromatic N) is 1. The molecule has 0 unspecified atom stereocenters. The summed E-state index contributed by atoms with van der Waals surface area (Å²) in [7, 11) is 0. The second-order valence-corrected chi connectivity index (χ2v) is 4.65. The van der Waals surface area contributed by atoms with Gasteiger partial charge >= 0.3 is 0 Å².